The maximum absolute atomic E-state index is 17.8. The summed E-state index contributed by atoms with van der Waals surface area (Å²) in [5, 5.41) is 9.33. The van der Waals surface area contributed by atoms with Crippen molar-refractivity contribution in [3.63, 3.8) is 0 Å². The fraction of sp³-hybridized carbons (Fsp3) is 0.533. The third kappa shape index (κ3) is 21.6. The number of ether oxygens (including phenoxy) is 5. The van der Waals surface area contributed by atoms with Gasteiger partial charge in [-0.05, 0) is 182 Å². The second-order valence-corrected chi connectivity index (χ2v) is 34.9. The topological polar surface area (TPSA) is 174 Å². The lowest BCUT2D eigenvalue weighted by molar-refractivity contribution is -0.141. The van der Waals surface area contributed by atoms with Gasteiger partial charge in [-0.1, -0.05) is 76.2 Å². The van der Waals surface area contributed by atoms with Gasteiger partial charge in [-0.15, -0.1) is 0 Å². The summed E-state index contributed by atoms with van der Waals surface area (Å²) in [5.74, 6) is -4.96. The predicted octanol–water partition coefficient (Wildman–Crippen LogP) is 21.2. The van der Waals surface area contributed by atoms with E-state index in [4.69, 9.17) is 33.7 Å². The van der Waals surface area contributed by atoms with Gasteiger partial charge < -0.3 is 48.4 Å². The van der Waals surface area contributed by atoms with Crippen molar-refractivity contribution in [3.8, 4) is 11.5 Å². The van der Waals surface area contributed by atoms with Crippen LogP contribution in [0.15, 0.2) is 122 Å². The standard InChI is InChI=1S/C47H55F6N5O4.C45H53F6N5O3/c1-29(59)61-23-22-57(4)35-26-54-44(55-27-35)58-20-16-33(17-21-58)43-41(42(48)32-8-10-34(11-9-32)47(51,52)53)39(31-14-18-46(49,50)19-15-31)40-37(56-43)24-45(2,3)25-38(40)62-28-30-6-12-36(60-5)13-7-30;1-43(2)23-35-38(36(24-43)59-27-28-5-11-34(58-4)12-6-28)37(29-13-17-44(47,48)18-14-29)39(40(46)30-7-9-32(10-8-30)45(49,50)51)41(54-35)31-15-19-56(20-16-31)42-52-25-33(26-53-42)55(3)21-22-57/h6-13,26-27,31,33,38,42H,14-25,28H2,1-5H3;5-12,25-26,29,31,36,40,57H,13-24,27H2,1-4H3. The molecule has 1 N–H and O–H groups in total. The predicted molar refractivity (Wildman–Crippen MR) is 438 cm³/mol. The minimum atomic E-state index is -4.61. The summed E-state index contributed by atoms with van der Waals surface area (Å²) in [4.78, 5) is 48.2. The number of rotatable bonds is 25. The van der Waals surface area contributed by atoms with Crippen molar-refractivity contribution in [2.75, 3.05) is 100 Å². The third-order valence-corrected chi connectivity index (χ3v) is 24.9. The van der Waals surface area contributed by atoms with Crippen molar-refractivity contribution in [1.82, 2.24) is 29.9 Å². The number of aliphatic hydroxyl groups is 1. The van der Waals surface area contributed by atoms with Gasteiger partial charge in [-0.2, -0.15) is 26.3 Å². The van der Waals surface area contributed by atoms with Gasteiger partial charge in [-0.3, -0.25) is 14.8 Å². The molecule has 0 bridgehead atoms. The SMILES string of the molecule is COc1ccc(COC2CC(C)(C)Cc3nc(C4CCN(c5ncc(N(C)CCO)cn5)CC4)c(C(F)c4ccc(C(F)(F)F)cc4)c(C4CCC(F)(F)CC4)c32)cc1.COc1ccc(COC2CC(C)(C)Cc3nc(C4CCN(c5ncc(N(C)CCOC(C)=O)cn5)CC4)c(C(F)c4ccc(C(F)(F)F)cc4)c(C4CCC(F)(F)CC4)c32)cc1. The number of nitrogens with zero attached hydrogens (tertiary/aromatic N) is 10. The van der Waals surface area contributed by atoms with Crippen LogP contribution in [0.4, 0.5) is 76.0 Å². The Morgan fingerprint density at radius 3 is 1.17 bits per heavy atom. The number of carbonyl (C=O) groups is 1. The Morgan fingerprint density at radius 1 is 0.504 bits per heavy atom. The molecule has 2 saturated heterocycles. The van der Waals surface area contributed by atoms with Crippen LogP contribution in [0.2, 0.25) is 0 Å². The number of carbonyl (C=O) groups excluding carboxylic acids is 1. The minimum absolute atomic E-state index is 0.00704. The number of anilines is 4. The number of piperidine rings is 2. The molecule has 0 radical (unpaired) electrons. The van der Waals surface area contributed by atoms with Crippen molar-refractivity contribution in [1.29, 1.82) is 0 Å². The Labute approximate surface area is 699 Å². The molecule has 652 valence electrons. The van der Waals surface area contributed by atoms with E-state index < -0.39 is 71.7 Å². The summed E-state index contributed by atoms with van der Waals surface area (Å²) < 4.78 is 206. The molecule has 0 amide bonds. The maximum atomic E-state index is 17.8. The molecular formula is C92H108F12N10O7. The molecule has 8 aromatic rings. The Morgan fingerprint density at radius 2 is 0.851 bits per heavy atom. The van der Waals surface area contributed by atoms with E-state index >= 15 is 8.78 Å². The Hall–Kier alpha value is -9.35. The van der Waals surface area contributed by atoms with E-state index in [1.54, 1.807) is 39.0 Å². The Bertz CT molecular complexity index is 4780. The first-order valence-corrected chi connectivity index (χ1v) is 41.8. The van der Waals surface area contributed by atoms with Crippen LogP contribution in [0.5, 0.6) is 11.5 Å². The molecule has 4 atom stereocenters. The Kier molecular flexibility index (Phi) is 27.6. The van der Waals surface area contributed by atoms with E-state index in [1.807, 2.05) is 72.4 Å². The average molecular weight is 1690 g/mol. The largest absolute Gasteiger partial charge is 0.497 e. The molecule has 6 aliphatic rings. The van der Waals surface area contributed by atoms with Crippen LogP contribution in [0.1, 0.15) is 262 Å². The molecule has 4 aromatic heterocycles. The highest BCUT2D eigenvalue weighted by molar-refractivity contribution is 5.66. The molecule has 6 heterocycles. The summed E-state index contributed by atoms with van der Waals surface area (Å²) in [6.45, 7) is 13.6. The minimum Gasteiger partial charge on any atom is -0.497 e. The zero-order chi connectivity index (χ0) is 86.5. The summed E-state index contributed by atoms with van der Waals surface area (Å²) in [6.07, 6.45) is -3.63. The molecule has 4 aliphatic carbocycles. The van der Waals surface area contributed by atoms with Gasteiger partial charge in [0.15, 0.2) is 12.3 Å². The average Bonchev–Trinajstić information content (AvgIpc) is 0.732. The summed E-state index contributed by atoms with van der Waals surface area (Å²) in [5.41, 5.74) is 6.94. The zero-order valence-corrected chi connectivity index (χ0v) is 70.0. The van der Waals surface area contributed by atoms with Crippen LogP contribution in [0, 0.1) is 10.8 Å². The van der Waals surface area contributed by atoms with Crippen LogP contribution in [-0.2, 0) is 57.4 Å². The molecule has 4 unspecified atom stereocenters. The van der Waals surface area contributed by atoms with E-state index in [9.17, 15) is 53.8 Å². The number of benzene rings is 4. The van der Waals surface area contributed by atoms with Crippen molar-refractivity contribution >= 4 is 29.2 Å². The van der Waals surface area contributed by atoms with Crippen LogP contribution >= 0.6 is 0 Å². The van der Waals surface area contributed by atoms with Crippen LogP contribution in [0.25, 0.3) is 0 Å². The fourth-order valence-corrected chi connectivity index (χ4v) is 18.3. The number of aliphatic hydroxyl groups excluding tert-OH is 1. The molecule has 121 heavy (non-hydrogen) atoms. The summed E-state index contributed by atoms with van der Waals surface area (Å²) in [7, 11) is 6.87. The highest BCUT2D eigenvalue weighted by atomic mass is 19.4. The molecule has 2 aliphatic heterocycles. The molecule has 0 spiro atoms. The maximum Gasteiger partial charge on any atom is 0.416 e. The number of alkyl halides is 12. The lowest BCUT2D eigenvalue weighted by Gasteiger charge is -2.42. The first kappa shape index (κ1) is 89.4. The van der Waals surface area contributed by atoms with Gasteiger partial charge in [0, 0.05) is 125 Å². The fourth-order valence-electron chi connectivity index (χ4n) is 18.3. The van der Waals surface area contributed by atoms with Crippen molar-refractivity contribution < 1.29 is 86.3 Å². The van der Waals surface area contributed by atoms with Crippen molar-refractivity contribution in [3.05, 3.63) is 211 Å². The summed E-state index contributed by atoms with van der Waals surface area (Å²) >= 11 is 0. The van der Waals surface area contributed by atoms with Crippen molar-refractivity contribution in [2.45, 2.75) is 223 Å². The van der Waals surface area contributed by atoms with Gasteiger partial charge in [0.2, 0.25) is 23.7 Å². The number of likely N-dealkylation sites (N-methyl/N-ethyl adjacent to an activating group) is 2. The molecule has 14 rings (SSSR count). The third-order valence-electron chi connectivity index (χ3n) is 24.9. The molecule has 4 fully saturated rings. The highest BCUT2D eigenvalue weighted by Crippen LogP contribution is 2.57. The molecule has 2 saturated carbocycles. The monoisotopic (exact) mass is 1690 g/mol. The zero-order valence-electron chi connectivity index (χ0n) is 70.0. The number of pyridine rings is 2. The van der Waals surface area contributed by atoms with E-state index in [2.05, 4.69) is 57.4 Å². The lowest BCUT2D eigenvalue weighted by atomic mass is 9.68. The van der Waals surface area contributed by atoms with Gasteiger partial charge in [0.1, 0.15) is 18.1 Å². The van der Waals surface area contributed by atoms with E-state index in [0.29, 0.717) is 137 Å². The lowest BCUT2D eigenvalue weighted by Crippen LogP contribution is -2.36. The van der Waals surface area contributed by atoms with E-state index in [1.165, 1.54) is 31.2 Å². The van der Waals surface area contributed by atoms with E-state index in [0.717, 1.165) is 69.3 Å². The van der Waals surface area contributed by atoms with Crippen molar-refractivity contribution in [2.24, 2.45) is 10.8 Å². The first-order valence-electron chi connectivity index (χ1n) is 41.8. The normalized spacial score (nSPS) is 20.0. The van der Waals surface area contributed by atoms with Gasteiger partial charge in [0.05, 0.1) is 111 Å². The van der Waals surface area contributed by atoms with Gasteiger partial charge in [-0.25, -0.2) is 46.3 Å². The molecule has 29 heteroatoms. The number of hydrogen-bond donors (Lipinski definition) is 1. The van der Waals surface area contributed by atoms with Gasteiger partial charge >= 0.3 is 18.3 Å². The number of hydrogen-bond acceptors (Lipinski definition) is 17. The van der Waals surface area contributed by atoms with E-state index in [-0.39, 0.29) is 129 Å². The number of methoxy groups -OCH3 is 2. The molecular weight excluding hydrogens is 1590 g/mol. The van der Waals surface area contributed by atoms with Crippen LogP contribution < -0.4 is 29.1 Å². The smallest absolute Gasteiger partial charge is 0.416 e. The number of esters is 1. The van der Waals surface area contributed by atoms with Gasteiger partial charge in [0.25, 0.3) is 0 Å². The second-order valence-electron chi connectivity index (χ2n) is 34.9. The van der Waals surface area contributed by atoms with Crippen LogP contribution in [-0.4, -0.2) is 134 Å². The first-order chi connectivity index (χ1) is 57.5. The quantitative estimate of drug-likeness (QED) is 0.0422. The second kappa shape index (κ2) is 37.4. The highest BCUT2D eigenvalue weighted by Gasteiger charge is 2.48. The molecule has 17 nitrogen and oxygen atoms in total. The number of aromatic nitrogens is 6. The van der Waals surface area contributed by atoms with Crippen LogP contribution in [0.3, 0.4) is 0 Å². The molecule has 4 aromatic carbocycles. The number of halogens is 12. The Balaban J connectivity index is 0.000000209. The number of fused-ring (bicyclic) bond motifs is 2. The summed E-state index contributed by atoms with van der Waals surface area (Å²) in [6, 6.07) is 23.3.